The molecule has 2 nitrogen and oxygen atoms in total. The molecule has 0 bridgehead atoms. The zero-order chi connectivity index (χ0) is 14.9. The Hall–Kier alpha value is -2.35. The maximum absolute atomic E-state index is 11.7. The number of hydrogen-bond donors (Lipinski definition) is 0. The SMILES string of the molecule is C[C@@H](/C=C/CCOC(=O)c1ccccc1)c1ccccc1. The molecule has 2 heteroatoms. The second-order valence-electron chi connectivity index (χ2n) is 4.92. The van der Waals surface area contributed by atoms with E-state index in [0.717, 1.165) is 6.42 Å². The Bertz CT molecular complexity index is 573. The Kier molecular flexibility index (Phi) is 5.77. The van der Waals surface area contributed by atoms with Crippen LogP contribution in [-0.2, 0) is 4.74 Å². The summed E-state index contributed by atoms with van der Waals surface area (Å²) in [6.07, 6.45) is 4.94. The van der Waals surface area contributed by atoms with Crippen molar-refractivity contribution in [1.82, 2.24) is 0 Å². The quantitative estimate of drug-likeness (QED) is 0.439. The summed E-state index contributed by atoms with van der Waals surface area (Å²) >= 11 is 0. The highest BCUT2D eigenvalue weighted by Crippen LogP contribution is 2.15. The molecule has 2 aromatic rings. The predicted molar refractivity (Wildman–Crippen MR) is 85.3 cm³/mol. The molecule has 0 aliphatic rings. The molecule has 108 valence electrons. The van der Waals surface area contributed by atoms with E-state index in [2.05, 4.69) is 31.2 Å². The van der Waals surface area contributed by atoms with Gasteiger partial charge in [-0.2, -0.15) is 0 Å². The minimum atomic E-state index is -0.264. The van der Waals surface area contributed by atoms with Crippen molar-refractivity contribution in [3.05, 3.63) is 83.9 Å². The van der Waals surface area contributed by atoms with Gasteiger partial charge in [0.05, 0.1) is 12.2 Å². The molecule has 0 heterocycles. The van der Waals surface area contributed by atoms with Crippen molar-refractivity contribution in [3.8, 4) is 0 Å². The van der Waals surface area contributed by atoms with Crippen LogP contribution in [0.2, 0.25) is 0 Å². The first-order chi connectivity index (χ1) is 10.3. The van der Waals surface area contributed by atoms with Crippen molar-refractivity contribution in [2.24, 2.45) is 0 Å². The largest absolute Gasteiger partial charge is 0.462 e. The van der Waals surface area contributed by atoms with Gasteiger partial charge in [-0.05, 0) is 30.0 Å². The molecular formula is C19H20O2. The van der Waals surface area contributed by atoms with Crippen molar-refractivity contribution in [2.45, 2.75) is 19.3 Å². The molecule has 0 fully saturated rings. The molecule has 2 rings (SSSR count). The number of benzene rings is 2. The lowest BCUT2D eigenvalue weighted by molar-refractivity contribution is 0.0511. The van der Waals surface area contributed by atoms with E-state index in [-0.39, 0.29) is 5.97 Å². The van der Waals surface area contributed by atoms with E-state index in [0.29, 0.717) is 18.1 Å². The minimum Gasteiger partial charge on any atom is -0.462 e. The molecule has 0 saturated heterocycles. The number of hydrogen-bond acceptors (Lipinski definition) is 2. The molecule has 0 aromatic heterocycles. The summed E-state index contributed by atoms with van der Waals surface area (Å²) in [7, 11) is 0. The van der Waals surface area contributed by atoms with Gasteiger partial charge in [0.1, 0.15) is 0 Å². The van der Waals surface area contributed by atoms with E-state index < -0.39 is 0 Å². The highest BCUT2D eigenvalue weighted by molar-refractivity contribution is 5.89. The van der Waals surface area contributed by atoms with Crippen LogP contribution in [0, 0.1) is 0 Å². The van der Waals surface area contributed by atoms with Gasteiger partial charge >= 0.3 is 5.97 Å². The number of ether oxygens (including phenoxy) is 1. The zero-order valence-electron chi connectivity index (χ0n) is 12.2. The van der Waals surface area contributed by atoms with Crippen LogP contribution in [0.15, 0.2) is 72.8 Å². The molecule has 0 N–H and O–H groups in total. The molecule has 0 spiro atoms. The number of rotatable bonds is 6. The molecule has 0 unspecified atom stereocenters. The Balaban J connectivity index is 1.72. The summed E-state index contributed by atoms with van der Waals surface area (Å²) in [5, 5.41) is 0. The molecular weight excluding hydrogens is 260 g/mol. The summed E-state index contributed by atoms with van der Waals surface area (Å²) in [4.78, 5) is 11.7. The second kappa shape index (κ2) is 8.05. The topological polar surface area (TPSA) is 26.3 Å². The lowest BCUT2D eigenvalue weighted by Crippen LogP contribution is -2.05. The van der Waals surface area contributed by atoms with Gasteiger partial charge in [-0.25, -0.2) is 4.79 Å². The fraction of sp³-hybridized carbons (Fsp3) is 0.211. The van der Waals surface area contributed by atoms with Crippen LogP contribution in [0.1, 0.15) is 35.2 Å². The van der Waals surface area contributed by atoms with Gasteiger partial charge < -0.3 is 4.74 Å². The fourth-order valence-electron chi connectivity index (χ4n) is 2.05. The van der Waals surface area contributed by atoms with Crippen LogP contribution in [-0.4, -0.2) is 12.6 Å². The Morgan fingerprint density at radius 3 is 2.33 bits per heavy atom. The lowest BCUT2D eigenvalue weighted by Gasteiger charge is -2.06. The maximum Gasteiger partial charge on any atom is 0.338 e. The first-order valence-electron chi connectivity index (χ1n) is 7.21. The van der Waals surface area contributed by atoms with Crippen molar-refractivity contribution >= 4 is 5.97 Å². The lowest BCUT2D eigenvalue weighted by atomic mass is 10.0. The van der Waals surface area contributed by atoms with Crippen molar-refractivity contribution in [3.63, 3.8) is 0 Å². The van der Waals surface area contributed by atoms with Gasteiger partial charge in [-0.1, -0.05) is 67.6 Å². The van der Waals surface area contributed by atoms with E-state index in [1.807, 2.05) is 36.4 Å². The minimum absolute atomic E-state index is 0.264. The first-order valence-corrected chi connectivity index (χ1v) is 7.21. The summed E-state index contributed by atoms with van der Waals surface area (Å²) in [6, 6.07) is 19.4. The summed E-state index contributed by atoms with van der Waals surface area (Å²) in [5.41, 5.74) is 1.88. The maximum atomic E-state index is 11.7. The van der Waals surface area contributed by atoms with Crippen molar-refractivity contribution in [1.29, 1.82) is 0 Å². The summed E-state index contributed by atoms with van der Waals surface area (Å²) < 4.78 is 5.23. The second-order valence-corrected chi connectivity index (χ2v) is 4.92. The molecule has 0 amide bonds. The van der Waals surface area contributed by atoms with Gasteiger partial charge in [-0.15, -0.1) is 0 Å². The van der Waals surface area contributed by atoms with Crippen LogP contribution >= 0.6 is 0 Å². The van der Waals surface area contributed by atoms with Gasteiger partial charge in [0.2, 0.25) is 0 Å². The molecule has 0 aliphatic carbocycles. The van der Waals surface area contributed by atoms with E-state index in [1.54, 1.807) is 12.1 Å². The van der Waals surface area contributed by atoms with Crippen LogP contribution < -0.4 is 0 Å². The third-order valence-electron chi connectivity index (χ3n) is 3.28. The summed E-state index contributed by atoms with van der Waals surface area (Å²) in [6.45, 7) is 2.56. The van der Waals surface area contributed by atoms with Crippen LogP contribution in [0.3, 0.4) is 0 Å². The van der Waals surface area contributed by atoms with Crippen molar-refractivity contribution in [2.75, 3.05) is 6.61 Å². The number of allylic oxidation sites excluding steroid dienone is 1. The molecule has 21 heavy (non-hydrogen) atoms. The average Bonchev–Trinajstić information content (AvgIpc) is 2.55. The van der Waals surface area contributed by atoms with Crippen molar-refractivity contribution < 1.29 is 9.53 Å². The predicted octanol–water partition coefficient (Wildman–Crippen LogP) is 4.59. The third kappa shape index (κ3) is 4.92. The first kappa shape index (κ1) is 15.0. The van der Waals surface area contributed by atoms with E-state index >= 15 is 0 Å². The van der Waals surface area contributed by atoms with Gasteiger partial charge in [0, 0.05) is 0 Å². The number of carbonyl (C=O) groups excluding carboxylic acids is 1. The molecule has 0 aliphatic heterocycles. The highest BCUT2D eigenvalue weighted by Gasteiger charge is 2.04. The van der Waals surface area contributed by atoms with Crippen LogP contribution in [0.5, 0.6) is 0 Å². The fourth-order valence-corrected chi connectivity index (χ4v) is 2.05. The Morgan fingerprint density at radius 2 is 1.67 bits per heavy atom. The normalized spacial score (nSPS) is 12.2. The van der Waals surface area contributed by atoms with E-state index in [9.17, 15) is 4.79 Å². The summed E-state index contributed by atoms with van der Waals surface area (Å²) in [5.74, 6) is 0.108. The zero-order valence-corrected chi connectivity index (χ0v) is 12.2. The smallest absolute Gasteiger partial charge is 0.338 e. The van der Waals surface area contributed by atoms with E-state index in [1.165, 1.54) is 5.56 Å². The standard InChI is InChI=1S/C19H20O2/c1-16(17-11-4-2-5-12-17)10-8-9-15-21-19(20)18-13-6-3-7-14-18/h2-8,10-14,16H,9,15H2,1H3/b10-8+/t16-/m0/s1. The van der Waals surface area contributed by atoms with Gasteiger partial charge in [0.15, 0.2) is 0 Å². The number of esters is 1. The molecule has 2 aromatic carbocycles. The molecule has 0 radical (unpaired) electrons. The molecule has 0 saturated carbocycles. The number of carbonyl (C=O) groups is 1. The van der Waals surface area contributed by atoms with Gasteiger partial charge in [-0.3, -0.25) is 0 Å². The molecule has 1 atom stereocenters. The van der Waals surface area contributed by atoms with Crippen LogP contribution in [0.25, 0.3) is 0 Å². The average molecular weight is 280 g/mol. The monoisotopic (exact) mass is 280 g/mol. The Morgan fingerprint density at radius 1 is 1.05 bits per heavy atom. The van der Waals surface area contributed by atoms with Crippen LogP contribution in [0.4, 0.5) is 0 Å². The van der Waals surface area contributed by atoms with Gasteiger partial charge in [0.25, 0.3) is 0 Å². The Labute approximate surface area is 126 Å². The highest BCUT2D eigenvalue weighted by atomic mass is 16.5. The third-order valence-corrected chi connectivity index (χ3v) is 3.28. The van der Waals surface area contributed by atoms with E-state index in [4.69, 9.17) is 4.74 Å².